The number of nitrogens with one attached hydrogen (secondary N) is 2. The lowest BCUT2D eigenvalue weighted by Crippen LogP contribution is -2.42. The van der Waals surface area contributed by atoms with Crippen LogP contribution in [0.5, 0.6) is 0 Å². The average Bonchev–Trinajstić information content (AvgIpc) is 3.09. The van der Waals surface area contributed by atoms with Gasteiger partial charge >= 0.3 is 0 Å². The number of guanidine groups is 1. The van der Waals surface area contributed by atoms with Gasteiger partial charge in [0.15, 0.2) is 5.96 Å². The Morgan fingerprint density at radius 1 is 1.23 bits per heavy atom. The highest BCUT2D eigenvalue weighted by Crippen LogP contribution is 2.30. The minimum absolute atomic E-state index is 0.386. The molecule has 1 aliphatic carbocycles. The number of hydrogen-bond acceptors (Lipinski definition) is 4. The summed E-state index contributed by atoms with van der Waals surface area (Å²) in [5, 5.41) is 28.7. The Balaban J connectivity index is 1.59. The van der Waals surface area contributed by atoms with Crippen molar-refractivity contribution in [3.05, 3.63) is 35.2 Å². The van der Waals surface area contributed by atoms with Crippen LogP contribution < -0.4 is 10.6 Å². The van der Waals surface area contributed by atoms with Crippen molar-refractivity contribution in [1.82, 2.24) is 10.6 Å². The Morgan fingerprint density at radius 2 is 2.00 bits per heavy atom. The third kappa shape index (κ3) is 4.96. The van der Waals surface area contributed by atoms with Gasteiger partial charge in [-0.1, -0.05) is 37.5 Å². The fourth-order valence-electron chi connectivity index (χ4n) is 3.40. The monoisotopic (exact) mass is 375 g/mol. The van der Waals surface area contributed by atoms with Crippen molar-refractivity contribution in [2.24, 2.45) is 4.99 Å². The minimum Gasteiger partial charge on any atom is -0.388 e. The van der Waals surface area contributed by atoms with Gasteiger partial charge in [0.2, 0.25) is 0 Å². The van der Waals surface area contributed by atoms with Gasteiger partial charge < -0.3 is 20.8 Å². The second kappa shape index (κ2) is 8.84. The van der Waals surface area contributed by atoms with Gasteiger partial charge in [0, 0.05) is 22.7 Å². The Morgan fingerprint density at radius 3 is 2.73 bits per heavy atom. The van der Waals surface area contributed by atoms with Gasteiger partial charge in [0.05, 0.1) is 12.1 Å². The van der Waals surface area contributed by atoms with Crippen LogP contribution in [0.15, 0.2) is 35.3 Å². The minimum atomic E-state index is -0.676. The van der Waals surface area contributed by atoms with Crippen molar-refractivity contribution in [1.29, 1.82) is 0 Å². The van der Waals surface area contributed by atoms with Gasteiger partial charge in [-0.3, -0.25) is 4.99 Å². The molecule has 0 amide bonds. The first-order chi connectivity index (χ1) is 12.6. The molecule has 1 atom stereocenters. The summed E-state index contributed by atoms with van der Waals surface area (Å²) in [5.74, 6) is 0.645. The zero-order valence-electron chi connectivity index (χ0n) is 15.4. The standard InChI is InChI=1S/C20H29N3O2S/c1-2-21-19(23-14-20(25)10-6-3-7-11-20)22-13-16(24)18-12-15-8-4-5-9-17(15)26-18/h4-5,8-9,12,16,24-25H,2-3,6-7,10-11,13-14H2,1H3,(H2,21,22,23). The number of thiophene rings is 1. The van der Waals surface area contributed by atoms with E-state index in [1.54, 1.807) is 11.3 Å². The molecule has 1 aliphatic rings. The summed E-state index contributed by atoms with van der Waals surface area (Å²) < 4.78 is 1.18. The summed E-state index contributed by atoms with van der Waals surface area (Å²) >= 11 is 1.62. The van der Waals surface area contributed by atoms with Crippen LogP contribution in [0, 0.1) is 0 Å². The quantitative estimate of drug-likeness (QED) is 0.462. The molecule has 4 N–H and O–H groups in total. The van der Waals surface area contributed by atoms with Crippen LogP contribution >= 0.6 is 11.3 Å². The molecule has 1 aromatic heterocycles. The lowest BCUT2D eigenvalue weighted by atomic mass is 9.85. The van der Waals surface area contributed by atoms with Gasteiger partial charge in [-0.25, -0.2) is 0 Å². The predicted octanol–water partition coefficient (Wildman–Crippen LogP) is 3.19. The van der Waals surface area contributed by atoms with E-state index >= 15 is 0 Å². The molecule has 1 heterocycles. The molecule has 26 heavy (non-hydrogen) atoms. The van der Waals surface area contributed by atoms with Crippen molar-refractivity contribution in [3.63, 3.8) is 0 Å². The van der Waals surface area contributed by atoms with Crippen molar-refractivity contribution >= 4 is 27.4 Å². The van der Waals surface area contributed by atoms with Crippen molar-refractivity contribution in [2.75, 3.05) is 19.6 Å². The van der Waals surface area contributed by atoms with E-state index in [2.05, 4.69) is 27.8 Å². The van der Waals surface area contributed by atoms with E-state index in [-0.39, 0.29) is 0 Å². The van der Waals surface area contributed by atoms with Crippen molar-refractivity contribution in [3.8, 4) is 0 Å². The second-order valence-corrected chi connectivity index (χ2v) is 8.18. The number of aliphatic hydroxyl groups excluding tert-OH is 1. The Kier molecular flexibility index (Phi) is 6.51. The highest BCUT2D eigenvalue weighted by molar-refractivity contribution is 7.19. The van der Waals surface area contributed by atoms with Crippen molar-refractivity contribution in [2.45, 2.75) is 50.7 Å². The molecule has 0 aliphatic heterocycles. The van der Waals surface area contributed by atoms with Gasteiger partial charge in [0.25, 0.3) is 0 Å². The fourth-order valence-corrected chi connectivity index (χ4v) is 4.45. The molecular formula is C20H29N3O2S. The molecule has 142 valence electrons. The summed E-state index contributed by atoms with van der Waals surface area (Å²) in [6, 6.07) is 10.2. The van der Waals surface area contributed by atoms with E-state index in [1.807, 2.05) is 25.1 Å². The van der Waals surface area contributed by atoms with Crippen LogP contribution in [-0.4, -0.2) is 41.4 Å². The maximum Gasteiger partial charge on any atom is 0.191 e. The summed E-state index contributed by atoms with van der Waals surface area (Å²) in [6.07, 6.45) is 4.39. The lowest BCUT2D eigenvalue weighted by Gasteiger charge is -2.30. The number of aliphatic imine (C=N–C) groups is 1. The number of rotatable bonds is 6. The van der Waals surface area contributed by atoms with E-state index in [9.17, 15) is 10.2 Å². The molecule has 3 rings (SSSR count). The molecule has 1 saturated carbocycles. The number of aliphatic hydroxyl groups is 2. The zero-order valence-corrected chi connectivity index (χ0v) is 16.2. The molecule has 5 nitrogen and oxygen atoms in total. The normalized spacial score (nSPS) is 18.7. The third-order valence-corrected chi connectivity index (χ3v) is 6.11. The molecule has 0 saturated heterocycles. The largest absolute Gasteiger partial charge is 0.388 e. The van der Waals surface area contributed by atoms with E-state index in [4.69, 9.17) is 0 Å². The van der Waals surface area contributed by atoms with Crippen molar-refractivity contribution < 1.29 is 10.2 Å². The molecule has 1 unspecified atom stereocenters. The first-order valence-corrected chi connectivity index (χ1v) is 10.3. The van der Waals surface area contributed by atoms with Gasteiger partial charge in [-0.2, -0.15) is 0 Å². The van der Waals surface area contributed by atoms with Crippen LogP contribution in [-0.2, 0) is 0 Å². The highest BCUT2D eigenvalue weighted by Gasteiger charge is 2.28. The van der Waals surface area contributed by atoms with Crippen LogP contribution in [0.25, 0.3) is 10.1 Å². The van der Waals surface area contributed by atoms with Gasteiger partial charge in [-0.05, 0) is 37.3 Å². The molecular weight excluding hydrogens is 346 g/mol. The Hall–Kier alpha value is -1.63. The summed E-state index contributed by atoms with van der Waals surface area (Å²) in [6.45, 7) is 3.54. The molecule has 1 aromatic carbocycles. The smallest absolute Gasteiger partial charge is 0.191 e. The first kappa shape index (κ1) is 19.1. The van der Waals surface area contributed by atoms with Gasteiger partial charge in [-0.15, -0.1) is 11.3 Å². The second-order valence-electron chi connectivity index (χ2n) is 7.06. The fraction of sp³-hybridized carbons (Fsp3) is 0.550. The first-order valence-electron chi connectivity index (χ1n) is 9.51. The third-order valence-electron chi connectivity index (χ3n) is 4.90. The van der Waals surface area contributed by atoms with E-state index in [0.717, 1.165) is 42.5 Å². The Bertz CT molecular complexity index is 704. The molecule has 2 aromatic rings. The molecule has 0 spiro atoms. The number of fused-ring (bicyclic) bond motifs is 1. The number of nitrogens with zero attached hydrogens (tertiary/aromatic N) is 1. The molecule has 0 radical (unpaired) electrons. The Labute approximate surface area is 159 Å². The maximum absolute atomic E-state index is 10.6. The summed E-state index contributed by atoms with van der Waals surface area (Å²) in [4.78, 5) is 5.50. The van der Waals surface area contributed by atoms with E-state index in [1.165, 1.54) is 11.1 Å². The zero-order chi connectivity index (χ0) is 18.4. The SMILES string of the molecule is CCNC(=NCC1(O)CCCCC1)NCC(O)c1cc2ccccc2s1. The van der Waals surface area contributed by atoms with E-state index < -0.39 is 11.7 Å². The lowest BCUT2D eigenvalue weighted by molar-refractivity contribution is 0.0131. The van der Waals surface area contributed by atoms with E-state index in [0.29, 0.717) is 19.0 Å². The van der Waals surface area contributed by atoms with Crippen LogP contribution in [0.1, 0.15) is 50.0 Å². The van der Waals surface area contributed by atoms with Crippen LogP contribution in [0.3, 0.4) is 0 Å². The van der Waals surface area contributed by atoms with Crippen LogP contribution in [0.4, 0.5) is 0 Å². The molecule has 0 bridgehead atoms. The maximum atomic E-state index is 10.6. The molecule has 6 heteroatoms. The number of benzene rings is 1. The topological polar surface area (TPSA) is 76.9 Å². The summed E-state index contributed by atoms with van der Waals surface area (Å²) in [5.41, 5.74) is -0.676. The highest BCUT2D eigenvalue weighted by atomic mass is 32.1. The summed E-state index contributed by atoms with van der Waals surface area (Å²) in [7, 11) is 0. The average molecular weight is 376 g/mol. The predicted molar refractivity (Wildman–Crippen MR) is 109 cm³/mol. The van der Waals surface area contributed by atoms with Crippen LogP contribution in [0.2, 0.25) is 0 Å². The number of hydrogen-bond donors (Lipinski definition) is 4. The molecule has 1 fully saturated rings. The van der Waals surface area contributed by atoms with Gasteiger partial charge in [0.1, 0.15) is 6.10 Å².